The van der Waals surface area contributed by atoms with Gasteiger partial charge in [0.15, 0.2) is 31.1 Å². The van der Waals surface area contributed by atoms with E-state index in [9.17, 15) is 46.2 Å². The van der Waals surface area contributed by atoms with E-state index in [1.165, 1.54) is 33.0 Å². The number of rotatable bonds is 19. The molecule has 8 rings (SSSR count). The van der Waals surface area contributed by atoms with E-state index in [2.05, 4.69) is 30.9 Å². The van der Waals surface area contributed by atoms with E-state index >= 15 is 0 Å². The van der Waals surface area contributed by atoms with Gasteiger partial charge in [0, 0.05) is 82.5 Å². The summed E-state index contributed by atoms with van der Waals surface area (Å²) in [5.74, 6) is -1.65. The summed E-state index contributed by atoms with van der Waals surface area (Å²) in [6.45, 7) is 1.71. The van der Waals surface area contributed by atoms with Crippen LogP contribution in [0.5, 0.6) is 0 Å². The Hall–Kier alpha value is -7.19. The summed E-state index contributed by atoms with van der Waals surface area (Å²) in [4.78, 5) is 58.2. The number of azide groups is 1. The molecule has 6 N–H and O–H groups in total. The Kier molecular flexibility index (Phi) is 15.5. The van der Waals surface area contributed by atoms with Crippen LogP contribution in [0.15, 0.2) is 53.6 Å². The highest BCUT2D eigenvalue weighted by Gasteiger charge is 2.63. The van der Waals surface area contributed by atoms with E-state index in [4.69, 9.17) is 21.8 Å². The number of carbonyl (C=O) groups excluding carboxylic acids is 4. The second-order valence-electron chi connectivity index (χ2n) is 19.7. The highest BCUT2D eigenvalue weighted by molar-refractivity contribution is 7.94. The van der Waals surface area contributed by atoms with Gasteiger partial charge in [-0.05, 0) is 93.3 Å². The van der Waals surface area contributed by atoms with Crippen molar-refractivity contribution in [1.82, 2.24) is 40.0 Å². The molecule has 2 unspecified atom stereocenters. The molecule has 0 bridgehead atoms. The molecule has 2 aromatic carbocycles. The van der Waals surface area contributed by atoms with E-state index in [0.29, 0.717) is 60.8 Å². The number of nitriles is 2. The normalized spacial score (nSPS) is 17.9. The first kappa shape index (κ1) is 54.6. The predicted molar refractivity (Wildman–Crippen MR) is 266 cm³/mol. The van der Waals surface area contributed by atoms with Gasteiger partial charge in [-0.3, -0.25) is 28.5 Å². The number of fused-ring (bicyclic) bond motifs is 2. The van der Waals surface area contributed by atoms with Crippen LogP contribution in [0.1, 0.15) is 115 Å². The topological polar surface area (TPSA) is 366 Å². The minimum atomic E-state index is -3.98. The number of sulfone groups is 2. The Morgan fingerprint density at radius 1 is 0.743 bits per heavy atom. The number of hydrogen-bond donors (Lipinski definition) is 5. The van der Waals surface area contributed by atoms with Gasteiger partial charge in [-0.25, -0.2) is 16.8 Å². The van der Waals surface area contributed by atoms with E-state index in [-0.39, 0.29) is 74.5 Å². The van der Waals surface area contributed by atoms with Crippen molar-refractivity contribution in [2.45, 2.75) is 84.5 Å². The summed E-state index contributed by atoms with van der Waals surface area (Å²) in [7, 11) is -4.66. The van der Waals surface area contributed by atoms with Crippen molar-refractivity contribution in [2.24, 2.45) is 24.9 Å². The Balaban J connectivity index is 0.000000217. The Bertz CT molecular complexity index is 3230. The third-order valence-corrected chi connectivity index (χ3v) is 21.1. The molecule has 2 atom stereocenters. The monoisotopic (exact) mass is 1050 g/mol. The molecule has 392 valence electrons. The minimum Gasteiger partial charge on any atom is -0.395 e. The molecule has 0 radical (unpaired) electrons. The summed E-state index contributed by atoms with van der Waals surface area (Å²) in [6.07, 6.45) is 2.13. The SMILES string of the molecule is Cn1nc(C(=O)NCc2ccc(C#N)cc2)c2c1C(=O)N(CC1(S(=O)(=O)C(C)(CN)CO)CC1)CC2.Cn1nc(C(=O)NCc2ccc(C#N)cc2)c2c1C(=O)N(CC1(S(=O)(=O)C(C)(CO)CN=[N+]=[N-])CC1)CC2. The lowest BCUT2D eigenvalue weighted by Gasteiger charge is -2.35. The number of aliphatic hydroxyl groups excluding tert-OH is 2. The fourth-order valence-electron chi connectivity index (χ4n) is 9.44. The lowest BCUT2D eigenvalue weighted by atomic mass is 10.0. The molecule has 2 fully saturated rings. The zero-order valence-electron chi connectivity index (χ0n) is 41.4. The molecule has 4 heterocycles. The van der Waals surface area contributed by atoms with Crippen LogP contribution >= 0.6 is 0 Å². The van der Waals surface area contributed by atoms with Crippen molar-refractivity contribution in [3.8, 4) is 12.1 Å². The van der Waals surface area contributed by atoms with Gasteiger partial charge in [0.1, 0.15) is 16.1 Å². The number of aryl methyl sites for hydroxylation is 2. The molecule has 4 aliphatic rings. The summed E-state index contributed by atoms with van der Waals surface area (Å²) < 4.78 is 50.9. The second kappa shape index (κ2) is 21.0. The molecule has 2 aliphatic carbocycles. The number of hydrogen-bond acceptors (Lipinski definition) is 16. The van der Waals surface area contributed by atoms with Crippen molar-refractivity contribution < 1.29 is 46.2 Å². The number of carbonyl (C=O) groups is 4. The van der Waals surface area contributed by atoms with Gasteiger partial charge < -0.3 is 36.4 Å². The molecule has 4 amide bonds. The first-order valence-electron chi connectivity index (χ1n) is 23.7. The molecule has 2 aliphatic heterocycles. The van der Waals surface area contributed by atoms with E-state index in [0.717, 1.165) is 11.1 Å². The largest absolute Gasteiger partial charge is 0.395 e. The van der Waals surface area contributed by atoms with Crippen molar-refractivity contribution in [2.75, 3.05) is 52.5 Å². The van der Waals surface area contributed by atoms with Crippen molar-refractivity contribution in [3.63, 3.8) is 0 Å². The smallest absolute Gasteiger partial charge is 0.272 e. The number of nitrogens with one attached hydrogen (secondary N) is 2. The summed E-state index contributed by atoms with van der Waals surface area (Å²) >= 11 is 0. The molecule has 0 saturated heterocycles. The third-order valence-electron chi connectivity index (χ3n) is 14.6. The van der Waals surface area contributed by atoms with Crippen molar-refractivity contribution >= 4 is 43.3 Å². The van der Waals surface area contributed by atoms with Gasteiger partial charge in [0.25, 0.3) is 23.6 Å². The van der Waals surface area contributed by atoms with Crippen LogP contribution in [0.3, 0.4) is 0 Å². The average Bonchev–Trinajstić information content (AvgIpc) is 4.32. The van der Waals surface area contributed by atoms with E-state index in [1.807, 2.05) is 12.1 Å². The van der Waals surface area contributed by atoms with Crippen LogP contribution in [0.2, 0.25) is 0 Å². The van der Waals surface area contributed by atoms with E-state index in [1.54, 1.807) is 62.6 Å². The van der Waals surface area contributed by atoms with Crippen LogP contribution in [0, 0.1) is 22.7 Å². The molecular weight excluding hydrogens is 997 g/mol. The summed E-state index contributed by atoms with van der Waals surface area (Å²) in [5.41, 5.74) is 18.8. The summed E-state index contributed by atoms with van der Waals surface area (Å²) in [6, 6.07) is 17.7. The van der Waals surface area contributed by atoms with Crippen LogP contribution in [0.25, 0.3) is 10.4 Å². The highest BCUT2D eigenvalue weighted by Crippen LogP contribution is 2.50. The predicted octanol–water partition coefficient (Wildman–Crippen LogP) is 1.11. The quantitative estimate of drug-likeness (QED) is 0.0499. The fraction of sp³-hybridized carbons (Fsp3) is 0.500. The highest BCUT2D eigenvalue weighted by atomic mass is 32.2. The zero-order chi connectivity index (χ0) is 54.0. The van der Waals surface area contributed by atoms with Gasteiger partial charge in [-0.2, -0.15) is 20.7 Å². The van der Waals surface area contributed by atoms with Gasteiger partial charge in [0.05, 0.1) is 50.7 Å². The summed E-state index contributed by atoms with van der Waals surface area (Å²) in [5, 5.41) is 55.0. The maximum Gasteiger partial charge on any atom is 0.272 e. The number of aliphatic hydroxyl groups is 2. The van der Waals surface area contributed by atoms with Crippen LogP contribution < -0.4 is 16.4 Å². The number of nitrogens with zero attached hydrogens (tertiary/aromatic N) is 11. The second-order valence-corrected chi connectivity index (χ2v) is 25.4. The van der Waals surface area contributed by atoms with Crippen molar-refractivity contribution in [1.29, 1.82) is 10.5 Å². The third kappa shape index (κ3) is 9.96. The maximum atomic E-state index is 13.5. The van der Waals surface area contributed by atoms with E-state index < -0.39 is 76.1 Å². The van der Waals surface area contributed by atoms with Gasteiger partial charge in [-0.1, -0.05) is 29.4 Å². The first-order chi connectivity index (χ1) is 35.0. The average molecular weight is 1060 g/mol. The lowest BCUT2D eigenvalue weighted by molar-refractivity contribution is 0.0716. The standard InChI is InChI=1S/C24H28N8O5S.C24H30N6O5S/c1-23(15-33,13-28-30-26)38(36,37)24(8-9-24)14-32-10-7-18-19(29-31(2)20(18)22(32)35)21(34)27-12-17-5-3-16(11-25)4-6-17;1-23(13-26,15-31)36(34,35)24(8-9-24)14-30-10-7-18-19(28-29(2)20(18)22(30)33)21(32)27-12-17-5-3-16(11-25)4-6-17/h3-6,33H,7-10,12-15H2,1-2H3,(H,27,34);3-6,31H,7-10,12-15,26H2,1-2H3,(H,27,32). The van der Waals surface area contributed by atoms with Gasteiger partial charge in [-0.15, -0.1) is 0 Å². The molecule has 24 nitrogen and oxygen atoms in total. The van der Waals surface area contributed by atoms with Crippen LogP contribution in [-0.4, -0.2) is 152 Å². The first-order valence-corrected chi connectivity index (χ1v) is 26.7. The molecular formula is C48H58N14O10S2. The van der Waals surface area contributed by atoms with Crippen LogP contribution in [-0.2, 0) is 59.7 Å². The number of nitrogens with two attached hydrogens (primary N) is 1. The molecule has 26 heteroatoms. The zero-order valence-corrected chi connectivity index (χ0v) is 43.0. The molecule has 74 heavy (non-hydrogen) atoms. The fourth-order valence-corrected chi connectivity index (χ4v) is 14.2. The molecule has 4 aromatic rings. The Labute approximate surface area is 427 Å². The van der Waals surface area contributed by atoms with Gasteiger partial charge in [0.2, 0.25) is 0 Å². The van der Waals surface area contributed by atoms with Crippen molar-refractivity contribution in [3.05, 3.63) is 115 Å². The number of benzene rings is 2. The Morgan fingerprint density at radius 2 is 1.12 bits per heavy atom. The Morgan fingerprint density at radius 3 is 1.45 bits per heavy atom. The maximum absolute atomic E-state index is 13.5. The molecule has 0 spiro atoms. The van der Waals surface area contributed by atoms with Gasteiger partial charge >= 0.3 is 0 Å². The minimum absolute atomic E-state index is 0.00853. The lowest BCUT2D eigenvalue weighted by Crippen LogP contribution is -2.55. The number of amides is 4. The molecule has 2 saturated carbocycles. The number of aromatic nitrogens is 4. The van der Waals surface area contributed by atoms with Crippen LogP contribution in [0.4, 0.5) is 0 Å². The molecule has 2 aromatic heterocycles.